The zero-order valence-electron chi connectivity index (χ0n) is 10.9. The summed E-state index contributed by atoms with van der Waals surface area (Å²) in [5, 5.41) is 6.13. The Balaban J connectivity index is 1.95. The second-order valence-corrected chi connectivity index (χ2v) is 4.50. The molecule has 0 bridgehead atoms. The van der Waals surface area contributed by atoms with Gasteiger partial charge in [0.25, 0.3) is 0 Å². The van der Waals surface area contributed by atoms with Gasteiger partial charge in [-0.15, -0.1) is 0 Å². The van der Waals surface area contributed by atoms with Crippen LogP contribution in [0.5, 0.6) is 0 Å². The maximum Gasteiger partial charge on any atom is 0.240 e. The van der Waals surface area contributed by atoms with Crippen molar-refractivity contribution in [3.05, 3.63) is 23.7 Å². The molecule has 1 fully saturated rings. The Hall–Kier alpha value is -1.33. The van der Waals surface area contributed by atoms with Gasteiger partial charge in [-0.1, -0.05) is 6.92 Å². The molecule has 1 saturated heterocycles. The van der Waals surface area contributed by atoms with Gasteiger partial charge in [-0.25, -0.2) is 0 Å². The fourth-order valence-electron chi connectivity index (χ4n) is 2.02. The number of furan rings is 1. The molecule has 0 spiro atoms. The minimum absolute atomic E-state index is 0.0318. The van der Waals surface area contributed by atoms with Crippen LogP contribution in [0, 0.1) is 6.92 Å². The number of carbonyl (C=O) groups is 1. The van der Waals surface area contributed by atoms with Crippen LogP contribution < -0.4 is 10.6 Å². The molecule has 0 radical (unpaired) electrons. The van der Waals surface area contributed by atoms with Gasteiger partial charge in [0.05, 0.1) is 19.3 Å². The largest absolute Gasteiger partial charge is 0.464 e. The molecule has 0 aromatic carbocycles. The molecule has 1 amide bonds. The highest BCUT2D eigenvalue weighted by atomic mass is 16.5. The van der Waals surface area contributed by atoms with Gasteiger partial charge in [0.1, 0.15) is 17.6 Å². The Morgan fingerprint density at radius 2 is 2.44 bits per heavy atom. The summed E-state index contributed by atoms with van der Waals surface area (Å²) < 4.78 is 10.8. The van der Waals surface area contributed by atoms with Crippen LogP contribution in [0.25, 0.3) is 0 Å². The third-order valence-corrected chi connectivity index (χ3v) is 3.07. The van der Waals surface area contributed by atoms with Crippen molar-refractivity contribution in [2.75, 3.05) is 19.8 Å². The van der Waals surface area contributed by atoms with Crippen LogP contribution in [0.3, 0.4) is 0 Å². The van der Waals surface area contributed by atoms with E-state index in [2.05, 4.69) is 10.6 Å². The van der Waals surface area contributed by atoms with Gasteiger partial charge in [0.15, 0.2) is 0 Å². The average molecular weight is 252 g/mol. The third-order valence-electron chi connectivity index (χ3n) is 3.07. The van der Waals surface area contributed by atoms with Crippen molar-refractivity contribution >= 4 is 5.91 Å². The molecular formula is C13H20N2O3. The Bertz CT molecular complexity index is 397. The maximum atomic E-state index is 12.1. The van der Waals surface area contributed by atoms with E-state index in [9.17, 15) is 4.79 Å². The number of ether oxygens (including phenoxy) is 1. The molecule has 2 heterocycles. The van der Waals surface area contributed by atoms with E-state index in [4.69, 9.17) is 9.15 Å². The fraction of sp³-hybridized carbons (Fsp3) is 0.615. The first-order valence-electron chi connectivity index (χ1n) is 6.38. The highest BCUT2D eigenvalue weighted by molar-refractivity contribution is 5.82. The van der Waals surface area contributed by atoms with Crippen LogP contribution in [0.15, 0.2) is 16.5 Å². The van der Waals surface area contributed by atoms with Crippen molar-refractivity contribution < 1.29 is 13.9 Å². The first-order valence-corrected chi connectivity index (χ1v) is 6.38. The molecule has 1 aliphatic rings. The van der Waals surface area contributed by atoms with E-state index in [1.165, 1.54) is 0 Å². The lowest BCUT2D eigenvalue weighted by molar-refractivity contribution is -0.126. The lowest BCUT2D eigenvalue weighted by Crippen LogP contribution is -2.51. The maximum absolute atomic E-state index is 12.1. The molecule has 18 heavy (non-hydrogen) atoms. The molecule has 0 unspecified atom stereocenters. The van der Waals surface area contributed by atoms with Crippen LogP contribution in [0.2, 0.25) is 0 Å². The fourth-order valence-corrected chi connectivity index (χ4v) is 2.02. The Labute approximate surface area is 107 Å². The number of hydrogen-bond acceptors (Lipinski definition) is 4. The van der Waals surface area contributed by atoms with Crippen LogP contribution in [-0.4, -0.2) is 31.7 Å². The summed E-state index contributed by atoms with van der Waals surface area (Å²) in [7, 11) is 0. The van der Waals surface area contributed by atoms with Crippen molar-refractivity contribution in [2.24, 2.45) is 0 Å². The second-order valence-electron chi connectivity index (χ2n) is 4.50. The summed E-state index contributed by atoms with van der Waals surface area (Å²) in [6, 6.07) is 3.49. The van der Waals surface area contributed by atoms with Crippen LogP contribution in [0.1, 0.15) is 30.9 Å². The highest BCUT2D eigenvalue weighted by Crippen LogP contribution is 2.19. The molecule has 2 atom stereocenters. The third kappa shape index (κ3) is 3.11. The number of carbonyl (C=O) groups excluding carboxylic acids is 1. The lowest BCUT2D eigenvalue weighted by Gasteiger charge is -2.25. The minimum Gasteiger partial charge on any atom is -0.464 e. The molecule has 2 rings (SSSR count). The predicted octanol–water partition coefficient (Wildman–Crippen LogP) is 1.14. The predicted molar refractivity (Wildman–Crippen MR) is 67.2 cm³/mol. The normalized spacial score (nSPS) is 21.6. The van der Waals surface area contributed by atoms with E-state index >= 15 is 0 Å². The minimum atomic E-state index is -0.260. The Morgan fingerprint density at radius 3 is 3.00 bits per heavy atom. The summed E-state index contributed by atoms with van der Waals surface area (Å²) in [4.78, 5) is 12.1. The number of amides is 1. The van der Waals surface area contributed by atoms with Crippen LogP contribution in [0.4, 0.5) is 0 Å². The first-order chi connectivity index (χ1) is 8.70. The van der Waals surface area contributed by atoms with Crippen molar-refractivity contribution in [3.63, 3.8) is 0 Å². The summed E-state index contributed by atoms with van der Waals surface area (Å²) in [5.74, 6) is 1.63. The van der Waals surface area contributed by atoms with Crippen LogP contribution in [-0.2, 0) is 9.53 Å². The summed E-state index contributed by atoms with van der Waals surface area (Å²) in [6.07, 6.45) is 0.798. The lowest BCUT2D eigenvalue weighted by atomic mass is 10.1. The SMILES string of the molecule is CC[C@@H](NC(=O)[C@@H]1COCCN1)c1ccc(C)o1. The Morgan fingerprint density at radius 1 is 1.61 bits per heavy atom. The second kappa shape index (κ2) is 6.02. The van der Waals surface area contributed by atoms with Gasteiger partial charge in [0.2, 0.25) is 5.91 Å². The molecule has 0 aliphatic carbocycles. The quantitative estimate of drug-likeness (QED) is 0.843. The highest BCUT2D eigenvalue weighted by Gasteiger charge is 2.24. The van der Waals surface area contributed by atoms with Gasteiger partial charge in [-0.05, 0) is 25.5 Å². The number of nitrogens with one attached hydrogen (secondary N) is 2. The van der Waals surface area contributed by atoms with Crippen LogP contribution >= 0.6 is 0 Å². The first kappa shape index (κ1) is 13.1. The number of rotatable bonds is 4. The van der Waals surface area contributed by atoms with Crippen molar-refractivity contribution in [2.45, 2.75) is 32.4 Å². The molecule has 5 heteroatoms. The average Bonchev–Trinajstić information content (AvgIpc) is 2.83. The van der Waals surface area contributed by atoms with Crippen molar-refractivity contribution in [3.8, 4) is 0 Å². The number of aryl methyl sites for hydroxylation is 1. The smallest absolute Gasteiger partial charge is 0.240 e. The topological polar surface area (TPSA) is 63.5 Å². The molecule has 1 aliphatic heterocycles. The van der Waals surface area contributed by atoms with E-state index in [-0.39, 0.29) is 18.0 Å². The monoisotopic (exact) mass is 252 g/mol. The molecule has 100 valence electrons. The molecule has 0 saturated carbocycles. The molecule has 5 nitrogen and oxygen atoms in total. The molecular weight excluding hydrogens is 232 g/mol. The summed E-state index contributed by atoms with van der Waals surface area (Å²) in [6.45, 7) is 5.73. The zero-order valence-corrected chi connectivity index (χ0v) is 10.9. The van der Waals surface area contributed by atoms with Crippen molar-refractivity contribution in [1.29, 1.82) is 0 Å². The van der Waals surface area contributed by atoms with E-state index in [1.54, 1.807) is 0 Å². The standard InChI is InChI=1S/C13H20N2O3/c1-3-10(12-5-4-9(2)18-12)15-13(16)11-8-17-7-6-14-11/h4-5,10-11,14H,3,6-8H2,1-2H3,(H,15,16)/t10-,11+/m1/s1. The molecule has 2 N–H and O–H groups in total. The Kier molecular flexibility index (Phi) is 4.38. The molecule has 1 aromatic heterocycles. The van der Waals surface area contributed by atoms with Gasteiger partial charge in [-0.3, -0.25) is 4.79 Å². The van der Waals surface area contributed by atoms with E-state index in [0.29, 0.717) is 13.2 Å². The van der Waals surface area contributed by atoms with E-state index in [1.807, 2.05) is 26.0 Å². The van der Waals surface area contributed by atoms with E-state index < -0.39 is 0 Å². The van der Waals surface area contributed by atoms with E-state index in [0.717, 1.165) is 24.5 Å². The zero-order chi connectivity index (χ0) is 13.0. The van der Waals surface area contributed by atoms with Gasteiger partial charge >= 0.3 is 0 Å². The molecule has 1 aromatic rings. The van der Waals surface area contributed by atoms with Gasteiger partial charge in [-0.2, -0.15) is 0 Å². The van der Waals surface area contributed by atoms with Gasteiger partial charge in [0, 0.05) is 6.54 Å². The van der Waals surface area contributed by atoms with Crippen molar-refractivity contribution in [1.82, 2.24) is 10.6 Å². The summed E-state index contributed by atoms with van der Waals surface area (Å²) >= 11 is 0. The van der Waals surface area contributed by atoms with Gasteiger partial charge < -0.3 is 19.8 Å². The summed E-state index contributed by atoms with van der Waals surface area (Å²) in [5.41, 5.74) is 0. The number of hydrogen-bond donors (Lipinski definition) is 2. The number of morpholine rings is 1.